The van der Waals surface area contributed by atoms with E-state index in [1.807, 2.05) is 33.7 Å². The molecule has 1 aliphatic heterocycles. The number of nitrogens with two attached hydrogens (primary N) is 1. The van der Waals surface area contributed by atoms with Crippen molar-refractivity contribution in [2.24, 2.45) is 5.73 Å². The number of nitrogens with zero attached hydrogens (tertiary/aromatic N) is 7. The molecule has 2 N–H and O–H groups in total. The fourth-order valence-electron chi connectivity index (χ4n) is 3.91. The molecule has 1 aliphatic rings. The largest absolute Gasteiger partial charge is 0.366 e. The van der Waals surface area contributed by atoms with Crippen LogP contribution in [-0.2, 0) is 4.79 Å². The number of primary amides is 1. The number of anilines is 1. The maximum absolute atomic E-state index is 11.6. The third kappa shape index (κ3) is 3.98. The van der Waals surface area contributed by atoms with Crippen LogP contribution < -0.4 is 10.6 Å². The molecule has 1 fully saturated rings. The van der Waals surface area contributed by atoms with Gasteiger partial charge in [-0.05, 0) is 18.2 Å². The Balaban J connectivity index is 1.45. The Morgan fingerprint density at radius 2 is 1.70 bits per heavy atom. The minimum Gasteiger partial charge on any atom is -0.366 e. The predicted octanol–water partition coefficient (Wildman–Crippen LogP) is 1.62. The lowest BCUT2D eigenvalue weighted by atomic mass is 10.1. The summed E-state index contributed by atoms with van der Waals surface area (Å²) in [7, 11) is 0. The quantitative estimate of drug-likeness (QED) is 0.509. The molecule has 0 aliphatic carbocycles. The predicted molar refractivity (Wildman–Crippen MR) is 122 cm³/mol. The van der Waals surface area contributed by atoms with Crippen LogP contribution in [0.1, 0.15) is 17.3 Å². The standard InChI is InChI=1S/C23H22N8O2/c1-15(32)29-8-10-30(11-9-29)20-6-7-25-23(28-20)19-12-27-21-13-26-18(14-31(19)21)16-2-4-17(5-3-16)22(24)33/h2-7,12-14H,8-11H2,1H3,(H2,24,33). The first-order valence-electron chi connectivity index (χ1n) is 10.6. The number of fused-ring (bicyclic) bond motifs is 1. The van der Waals surface area contributed by atoms with Gasteiger partial charge in [0.25, 0.3) is 0 Å². The molecular formula is C23H22N8O2. The van der Waals surface area contributed by atoms with Crippen LogP contribution in [0, 0.1) is 0 Å². The second-order valence-electron chi connectivity index (χ2n) is 7.82. The average Bonchev–Trinajstić information content (AvgIpc) is 3.27. The summed E-state index contributed by atoms with van der Waals surface area (Å²) in [5.41, 5.74) is 8.75. The van der Waals surface area contributed by atoms with Gasteiger partial charge in [0.05, 0.1) is 18.1 Å². The topological polar surface area (TPSA) is 123 Å². The first kappa shape index (κ1) is 20.6. The van der Waals surface area contributed by atoms with E-state index in [2.05, 4.69) is 19.9 Å². The Kier molecular flexibility index (Phi) is 5.17. The van der Waals surface area contributed by atoms with Gasteiger partial charge < -0.3 is 15.5 Å². The van der Waals surface area contributed by atoms with E-state index in [1.165, 1.54) is 0 Å². The molecular weight excluding hydrogens is 420 g/mol. The molecule has 10 nitrogen and oxygen atoms in total. The highest BCUT2D eigenvalue weighted by atomic mass is 16.2. The van der Waals surface area contributed by atoms with Crippen LogP contribution in [0.3, 0.4) is 0 Å². The van der Waals surface area contributed by atoms with Crippen molar-refractivity contribution in [3.8, 4) is 22.8 Å². The number of carbonyl (C=O) groups excluding carboxylic acids is 2. The van der Waals surface area contributed by atoms with Crippen molar-refractivity contribution in [2.45, 2.75) is 6.92 Å². The first-order valence-corrected chi connectivity index (χ1v) is 10.6. The van der Waals surface area contributed by atoms with E-state index < -0.39 is 5.91 Å². The molecule has 0 saturated carbocycles. The van der Waals surface area contributed by atoms with Gasteiger partial charge >= 0.3 is 0 Å². The average molecular weight is 442 g/mol. The first-order chi connectivity index (χ1) is 16.0. The summed E-state index contributed by atoms with van der Waals surface area (Å²) < 4.78 is 1.90. The Bertz CT molecular complexity index is 1340. The summed E-state index contributed by atoms with van der Waals surface area (Å²) >= 11 is 0. The van der Waals surface area contributed by atoms with Gasteiger partial charge in [0.15, 0.2) is 11.5 Å². The Morgan fingerprint density at radius 1 is 0.939 bits per heavy atom. The second-order valence-corrected chi connectivity index (χ2v) is 7.82. The van der Waals surface area contributed by atoms with Crippen LogP contribution in [0.15, 0.2) is 55.1 Å². The molecule has 5 rings (SSSR count). The second kappa shape index (κ2) is 8.30. The van der Waals surface area contributed by atoms with Crippen molar-refractivity contribution in [1.29, 1.82) is 0 Å². The van der Waals surface area contributed by atoms with Crippen molar-refractivity contribution in [3.05, 3.63) is 60.7 Å². The molecule has 0 spiro atoms. The highest BCUT2D eigenvalue weighted by Gasteiger charge is 2.20. The normalized spacial score (nSPS) is 14.0. The number of amides is 2. The van der Waals surface area contributed by atoms with Crippen LogP contribution in [-0.4, -0.2) is 67.2 Å². The lowest BCUT2D eigenvalue weighted by molar-refractivity contribution is -0.129. The van der Waals surface area contributed by atoms with Crippen molar-refractivity contribution in [3.63, 3.8) is 0 Å². The maximum Gasteiger partial charge on any atom is 0.248 e. The van der Waals surface area contributed by atoms with Crippen LogP contribution in [0.25, 0.3) is 28.4 Å². The van der Waals surface area contributed by atoms with Gasteiger partial charge in [-0.15, -0.1) is 0 Å². The molecule has 0 atom stereocenters. The fourth-order valence-corrected chi connectivity index (χ4v) is 3.91. The monoisotopic (exact) mass is 442 g/mol. The third-order valence-electron chi connectivity index (χ3n) is 5.78. The minimum atomic E-state index is -0.471. The van der Waals surface area contributed by atoms with Crippen molar-refractivity contribution >= 4 is 23.3 Å². The summed E-state index contributed by atoms with van der Waals surface area (Å²) in [5, 5.41) is 0. The molecule has 1 saturated heterocycles. The van der Waals surface area contributed by atoms with Gasteiger partial charge in [-0.25, -0.2) is 15.0 Å². The molecule has 4 heterocycles. The van der Waals surface area contributed by atoms with Crippen molar-refractivity contribution in [2.75, 3.05) is 31.1 Å². The number of piperazine rings is 1. The van der Waals surface area contributed by atoms with Gasteiger partial charge in [-0.1, -0.05) is 12.1 Å². The zero-order chi connectivity index (χ0) is 22.9. The SMILES string of the molecule is CC(=O)N1CCN(c2ccnc(-c3cnc4cnc(-c5ccc(C(N)=O)cc5)cn34)n2)CC1. The van der Waals surface area contributed by atoms with Crippen molar-refractivity contribution in [1.82, 2.24) is 29.2 Å². The molecule has 0 radical (unpaired) electrons. The van der Waals surface area contributed by atoms with E-state index >= 15 is 0 Å². The van der Waals surface area contributed by atoms with E-state index in [4.69, 9.17) is 10.7 Å². The lowest BCUT2D eigenvalue weighted by Gasteiger charge is -2.34. The number of carbonyl (C=O) groups is 2. The summed E-state index contributed by atoms with van der Waals surface area (Å²) in [6.07, 6.45) is 7.02. The van der Waals surface area contributed by atoms with Gasteiger partial charge in [0.1, 0.15) is 11.5 Å². The summed E-state index contributed by atoms with van der Waals surface area (Å²) in [6, 6.07) is 8.85. The Morgan fingerprint density at radius 3 is 2.39 bits per heavy atom. The minimum absolute atomic E-state index is 0.0948. The summed E-state index contributed by atoms with van der Waals surface area (Å²) in [4.78, 5) is 45.1. The van der Waals surface area contributed by atoms with Gasteiger partial charge in [-0.3, -0.25) is 19.0 Å². The molecule has 4 aromatic rings. The number of hydrogen-bond donors (Lipinski definition) is 1. The third-order valence-corrected chi connectivity index (χ3v) is 5.78. The highest BCUT2D eigenvalue weighted by Crippen LogP contribution is 2.23. The van der Waals surface area contributed by atoms with E-state index in [9.17, 15) is 9.59 Å². The number of aromatic nitrogens is 5. The van der Waals surface area contributed by atoms with Gasteiger partial charge in [-0.2, -0.15) is 0 Å². The van der Waals surface area contributed by atoms with Crippen LogP contribution in [0.2, 0.25) is 0 Å². The molecule has 3 aromatic heterocycles. The smallest absolute Gasteiger partial charge is 0.248 e. The summed E-state index contributed by atoms with van der Waals surface area (Å²) in [5.74, 6) is 0.990. The Labute approximate surface area is 189 Å². The fraction of sp³-hybridized carbons (Fsp3) is 0.217. The van der Waals surface area contributed by atoms with E-state index in [-0.39, 0.29) is 5.91 Å². The van der Waals surface area contributed by atoms with Crippen LogP contribution in [0.5, 0.6) is 0 Å². The maximum atomic E-state index is 11.6. The van der Waals surface area contributed by atoms with Gasteiger partial charge in [0, 0.05) is 56.6 Å². The van der Waals surface area contributed by atoms with Crippen LogP contribution >= 0.6 is 0 Å². The highest BCUT2D eigenvalue weighted by molar-refractivity contribution is 5.93. The molecule has 2 amide bonds. The summed E-state index contributed by atoms with van der Waals surface area (Å²) in [6.45, 7) is 4.39. The zero-order valence-corrected chi connectivity index (χ0v) is 18.0. The Hall–Kier alpha value is -4.34. The van der Waals surface area contributed by atoms with E-state index in [0.29, 0.717) is 35.8 Å². The molecule has 0 bridgehead atoms. The molecule has 1 aromatic carbocycles. The zero-order valence-electron chi connectivity index (χ0n) is 18.0. The van der Waals surface area contributed by atoms with Crippen LogP contribution in [0.4, 0.5) is 5.82 Å². The number of imidazole rings is 1. The van der Waals surface area contributed by atoms with E-state index in [0.717, 1.165) is 30.2 Å². The number of rotatable bonds is 4. The van der Waals surface area contributed by atoms with Crippen molar-refractivity contribution < 1.29 is 9.59 Å². The van der Waals surface area contributed by atoms with Gasteiger partial charge in [0.2, 0.25) is 11.8 Å². The number of benzene rings is 1. The number of hydrogen-bond acceptors (Lipinski definition) is 7. The molecule has 0 unspecified atom stereocenters. The molecule has 10 heteroatoms. The van der Waals surface area contributed by atoms with E-state index in [1.54, 1.807) is 37.6 Å². The molecule has 33 heavy (non-hydrogen) atoms. The lowest BCUT2D eigenvalue weighted by Crippen LogP contribution is -2.48. The molecule has 166 valence electrons.